The quantitative estimate of drug-likeness (QED) is 0.784. The smallest absolute Gasteiger partial charge is 0.239 e. The van der Waals surface area contributed by atoms with Gasteiger partial charge in [0.15, 0.2) is 0 Å². The summed E-state index contributed by atoms with van der Waals surface area (Å²) >= 11 is 0. The molecule has 1 saturated carbocycles. The Labute approximate surface area is 103 Å². The minimum atomic E-state index is 0.0954. The lowest BCUT2D eigenvalue weighted by molar-refractivity contribution is -0.162. The van der Waals surface area contributed by atoms with Crippen LogP contribution in [0.4, 0.5) is 0 Å². The van der Waals surface area contributed by atoms with Crippen LogP contribution in [0.3, 0.4) is 0 Å². The second-order valence-electron chi connectivity index (χ2n) is 5.57. The van der Waals surface area contributed by atoms with Gasteiger partial charge >= 0.3 is 0 Å². The molecule has 0 radical (unpaired) electrons. The van der Waals surface area contributed by atoms with Crippen molar-refractivity contribution in [2.75, 3.05) is 26.2 Å². The lowest BCUT2D eigenvalue weighted by atomic mass is 9.68. The first-order chi connectivity index (χ1) is 8.29. The van der Waals surface area contributed by atoms with Gasteiger partial charge in [0.05, 0.1) is 12.1 Å². The molecule has 3 atom stereocenters. The molecule has 0 aromatic carbocycles. The van der Waals surface area contributed by atoms with Crippen molar-refractivity contribution in [3.05, 3.63) is 0 Å². The predicted octanol–water partition coefficient (Wildman–Crippen LogP) is 0.622. The maximum Gasteiger partial charge on any atom is 0.239 e. The highest BCUT2D eigenvalue weighted by molar-refractivity contribution is 5.82. The molecule has 0 spiro atoms. The van der Waals surface area contributed by atoms with Crippen LogP contribution in [0, 0.1) is 11.8 Å². The lowest BCUT2D eigenvalue weighted by Crippen LogP contribution is -2.62. The summed E-state index contributed by atoms with van der Waals surface area (Å²) in [6, 6.07) is 0.0954. The van der Waals surface area contributed by atoms with Gasteiger partial charge < -0.3 is 15.0 Å². The molecule has 4 fully saturated rings. The van der Waals surface area contributed by atoms with E-state index in [1.54, 1.807) is 0 Å². The SMILES string of the molecule is CCOC1C2CC1CN(C(=O)C1CCCN1)C2. The van der Waals surface area contributed by atoms with E-state index in [2.05, 4.69) is 17.1 Å². The fraction of sp³-hybridized carbons (Fsp3) is 0.923. The number of fused-ring (bicyclic) bond motifs is 2. The van der Waals surface area contributed by atoms with Gasteiger partial charge in [-0.2, -0.15) is 0 Å². The number of hydrogen-bond donors (Lipinski definition) is 1. The zero-order chi connectivity index (χ0) is 11.8. The lowest BCUT2D eigenvalue weighted by Gasteiger charge is -2.53. The van der Waals surface area contributed by atoms with E-state index in [4.69, 9.17) is 4.74 Å². The van der Waals surface area contributed by atoms with Crippen LogP contribution in [0.1, 0.15) is 26.2 Å². The Hall–Kier alpha value is -0.610. The molecule has 0 aromatic rings. The van der Waals surface area contributed by atoms with Gasteiger partial charge in [-0.25, -0.2) is 0 Å². The third-order valence-electron chi connectivity index (χ3n) is 4.47. The van der Waals surface area contributed by atoms with Crippen molar-refractivity contribution in [3.8, 4) is 0 Å². The summed E-state index contributed by atoms with van der Waals surface area (Å²) < 4.78 is 5.74. The Balaban J connectivity index is 1.56. The molecule has 17 heavy (non-hydrogen) atoms. The fourth-order valence-corrected chi connectivity index (χ4v) is 3.60. The van der Waals surface area contributed by atoms with E-state index in [0.717, 1.165) is 39.1 Å². The molecule has 2 bridgehead atoms. The third kappa shape index (κ3) is 1.97. The zero-order valence-electron chi connectivity index (χ0n) is 10.5. The Morgan fingerprint density at radius 1 is 1.41 bits per heavy atom. The number of piperidine rings is 2. The fourth-order valence-electron chi connectivity index (χ4n) is 3.60. The summed E-state index contributed by atoms with van der Waals surface area (Å²) in [5.41, 5.74) is 0. The molecular weight excluding hydrogens is 216 g/mol. The molecule has 3 unspecified atom stereocenters. The van der Waals surface area contributed by atoms with E-state index < -0.39 is 0 Å². The average Bonchev–Trinajstić information content (AvgIpc) is 2.89. The van der Waals surface area contributed by atoms with Crippen molar-refractivity contribution in [2.24, 2.45) is 11.8 Å². The average molecular weight is 238 g/mol. The van der Waals surface area contributed by atoms with Crippen LogP contribution in [0.25, 0.3) is 0 Å². The number of rotatable bonds is 3. The van der Waals surface area contributed by atoms with E-state index in [-0.39, 0.29) is 6.04 Å². The second kappa shape index (κ2) is 4.58. The van der Waals surface area contributed by atoms with Crippen LogP contribution in [-0.4, -0.2) is 49.2 Å². The van der Waals surface area contributed by atoms with E-state index in [1.165, 1.54) is 6.42 Å². The molecule has 3 heterocycles. The number of nitrogens with zero attached hydrogens (tertiary/aromatic N) is 1. The van der Waals surface area contributed by atoms with Gasteiger partial charge in [0, 0.05) is 31.5 Å². The molecule has 4 rings (SSSR count). The van der Waals surface area contributed by atoms with E-state index >= 15 is 0 Å². The van der Waals surface area contributed by atoms with Gasteiger partial charge in [0.2, 0.25) is 5.91 Å². The maximum atomic E-state index is 12.3. The highest BCUT2D eigenvalue weighted by atomic mass is 16.5. The second-order valence-corrected chi connectivity index (χ2v) is 5.57. The topological polar surface area (TPSA) is 41.6 Å². The normalized spacial score (nSPS) is 40.2. The van der Waals surface area contributed by atoms with Crippen LogP contribution in [0.2, 0.25) is 0 Å². The Morgan fingerprint density at radius 3 is 2.76 bits per heavy atom. The van der Waals surface area contributed by atoms with Gasteiger partial charge in [0.1, 0.15) is 0 Å². The van der Waals surface area contributed by atoms with Crippen molar-refractivity contribution in [2.45, 2.75) is 38.3 Å². The number of carbonyl (C=O) groups is 1. The molecule has 3 aliphatic heterocycles. The van der Waals surface area contributed by atoms with Gasteiger partial charge in [-0.3, -0.25) is 4.79 Å². The summed E-state index contributed by atoms with van der Waals surface area (Å²) in [5.74, 6) is 1.52. The summed E-state index contributed by atoms with van der Waals surface area (Å²) in [6.07, 6.45) is 3.84. The minimum Gasteiger partial charge on any atom is -0.378 e. The number of hydrogen-bond acceptors (Lipinski definition) is 3. The van der Waals surface area contributed by atoms with Crippen LogP contribution >= 0.6 is 0 Å². The zero-order valence-corrected chi connectivity index (χ0v) is 10.5. The standard InChI is InChI=1S/C13H22N2O2/c1-2-17-12-9-6-10(12)8-15(7-9)13(16)11-4-3-5-14-11/h9-12,14H,2-8H2,1H3. The largest absolute Gasteiger partial charge is 0.378 e. The molecule has 4 heteroatoms. The maximum absolute atomic E-state index is 12.3. The van der Waals surface area contributed by atoms with Crippen molar-refractivity contribution in [1.82, 2.24) is 10.2 Å². The number of nitrogens with one attached hydrogen (secondary N) is 1. The van der Waals surface area contributed by atoms with Crippen molar-refractivity contribution < 1.29 is 9.53 Å². The molecule has 4 aliphatic rings. The molecule has 1 aliphatic carbocycles. The summed E-state index contributed by atoms with van der Waals surface area (Å²) in [5, 5.41) is 3.30. The monoisotopic (exact) mass is 238 g/mol. The van der Waals surface area contributed by atoms with Crippen molar-refractivity contribution in [3.63, 3.8) is 0 Å². The summed E-state index contributed by atoms with van der Waals surface area (Å²) in [6.45, 7) is 5.68. The summed E-state index contributed by atoms with van der Waals surface area (Å²) in [4.78, 5) is 14.3. The van der Waals surface area contributed by atoms with Crippen LogP contribution in [-0.2, 0) is 9.53 Å². The first-order valence-corrected chi connectivity index (χ1v) is 6.93. The third-order valence-corrected chi connectivity index (χ3v) is 4.47. The van der Waals surface area contributed by atoms with Gasteiger partial charge in [-0.15, -0.1) is 0 Å². The highest BCUT2D eigenvalue weighted by Crippen LogP contribution is 2.42. The molecule has 3 saturated heterocycles. The molecule has 4 nitrogen and oxygen atoms in total. The Morgan fingerprint density at radius 2 is 2.18 bits per heavy atom. The van der Waals surface area contributed by atoms with Crippen LogP contribution < -0.4 is 5.32 Å². The first kappa shape index (κ1) is 11.5. The van der Waals surface area contributed by atoms with E-state index in [9.17, 15) is 4.79 Å². The van der Waals surface area contributed by atoms with Crippen LogP contribution in [0.15, 0.2) is 0 Å². The molecule has 1 N–H and O–H groups in total. The van der Waals surface area contributed by atoms with Gasteiger partial charge in [-0.05, 0) is 32.7 Å². The van der Waals surface area contributed by atoms with Crippen LogP contribution in [0.5, 0.6) is 0 Å². The highest BCUT2D eigenvalue weighted by Gasteiger charge is 2.49. The molecule has 1 amide bonds. The number of amides is 1. The van der Waals surface area contributed by atoms with Crippen molar-refractivity contribution in [1.29, 1.82) is 0 Å². The van der Waals surface area contributed by atoms with Crippen molar-refractivity contribution >= 4 is 5.91 Å². The van der Waals surface area contributed by atoms with E-state index in [1.807, 2.05) is 0 Å². The van der Waals surface area contributed by atoms with Gasteiger partial charge in [0.25, 0.3) is 0 Å². The molecule has 96 valence electrons. The van der Waals surface area contributed by atoms with E-state index in [0.29, 0.717) is 23.8 Å². The van der Waals surface area contributed by atoms with Gasteiger partial charge in [-0.1, -0.05) is 0 Å². The predicted molar refractivity (Wildman–Crippen MR) is 64.6 cm³/mol. The molecule has 0 aromatic heterocycles. The minimum absolute atomic E-state index is 0.0954. The Bertz CT molecular complexity index is 290. The Kier molecular flexibility index (Phi) is 3.09. The molecular formula is C13H22N2O2. The number of carbonyl (C=O) groups excluding carboxylic acids is 1. The first-order valence-electron chi connectivity index (χ1n) is 6.93. The summed E-state index contributed by atoms with van der Waals surface area (Å²) in [7, 11) is 0. The number of ether oxygens (including phenoxy) is 1.